The number of hydrogen-bond acceptors (Lipinski definition) is 2. The summed E-state index contributed by atoms with van der Waals surface area (Å²) in [5.41, 5.74) is 1.13. The van der Waals surface area contributed by atoms with Crippen LogP contribution < -0.4 is 5.32 Å². The third-order valence-corrected chi connectivity index (χ3v) is 2.86. The molecule has 0 amide bonds. The van der Waals surface area contributed by atoms with Gasteiger partial charge < -0.3 is 5.32 Å². The monoisotopic (exact) mass is 195 g/mol. The third kappa shape index (κ3) is 3.52. The first-order valence-corrected chi connectivity index (χ1v) is 5.61. The Balaban J connectivity index is 2.30. The predicted molar refractivity (Wildman–Crippen MR) is 59.0 cm³/mol. The first-order chi connectivity index (χ1) is 6.61. The van der Waals surface area contributed by atoms with Gasteiger partial charge in [-0.15, -0.1) is 0 Å². The molecule has 80 valence electrons. The second-order valence-corrected chi connectivity index (χ2v) is 4.43. The highest BCUT2D eigenvalue weighted by Gasteiger charge is 2.14. The molecule has 2 nitrogen and oxygen atoms in total. The smallest absolute Gasteiger partial charge is 0.157 e. The van der Waals surface area contributed by atoms with Crippen molar-refractivity contribution in [3.05, 3.63) is 11.8 Å². The largest absolute Gasteiger partial charge is 0.386 e. The van der Waals surface area contributed by atoms with Crippen LogP contribution in [-0.4, -0.2) is 11.8 Å². The van der Waals surface area contributed by atoms with Crippen molar-refractivity contribution in [3.63, 3.8) is 0 Å². The van der Waals surface area contributed by atoms with E-state index in [0.29, 0.717) is 12.5 Å². The SMILES string of the molecule is CCC(C)CC(C)NC1=CC(=O)CC1. The normalized spacial score (nSPS) is 20.5. The van der Waals surface area contributed by atoms with Crippen LogP contribution in [0.25, 0.3) is 0 Å². The average molecular weight is 195 g/mol. The highest BCUT2D eigenvalue weighted by atomic mass is 16.1. The van der Waals surface area contributed by atoms with Crippen molar-refractivity contribution in [1.29, 1.82) is 0 Å². The van der Waals surface area contributed by atoms with E-state index in [1.54, 1.807) is 6.08 Å². The van der Waals surface area contributed by atoms with Crippen LogP contribution in [0.2, 0.25) is 0 Å². The summed E-state index contributed by atoms with van der Waals surface area (Å²) < 4.78 is 0. The fourth-order valence-corrected chi connectivity index (χ4v) is 1.86. The van der Waals surface area contributed by atoms with Crippen molar-refractivity contribution in [2.75, 3.05) is 0 Å². The number of carbonyl (C=O) groups excluding carboxylic acids is 1. The van der Waals surface area contributed by atoms with Gasteiger partial charge in [0.1, 0.15) is 0 Å². The summed E-state index contributed by atoms with van der Waals surface area (Å²) >= 11 is 0. The Morgan fingerprint density at radius 3 is 2.64 bits per heavy atom. The minimum atomic E-state index is 0.267. The Morgan fingerprint density at radius 1 is 1.43 bits per heavy atom. The molecular weight excluding hydrogens is 174 g/mol. The molecule has 0 aromatic rings. The minimum absolute atomic E-state index is 0.267. The number of ketones is 1. The number of carbonyl (C=O) groups is 1. The molecule has 2 unspecified atom stereocenters. The van der Waals surface area contributed by atoms with E-state index in [1.807, 2.05) is 0 Å². The predicted octanol–water partition coefficient (Wildman–Crippen LogP) is 2.65. The van der Waals surface area contributed by atoms with Crippen LogP contribution in [-0.2, 0) is 4.79 Å². The van der Waals surface area contributed by atoms with Gasteiger partial charge in [-0.05, 0) is 25.7 Å². The zero-order chi connectivity index (χ0) is 10.6. The summed E-state index contributed by atoms with van der Waals surface area (Å²) in [5, 5.41) is 3.41. The quantitative estimate of drug-likeness (QED) is 0.730. The summed E-state index contributed by atoms with van der Waals surface area (Å²) in [6, 6.07) is 0.488. The first kappa shape index (κ1) is 11.3. The van der Waals surface area contributed by atoms with Crippen LogP contribution in [0.4, 0.5) is 0 Å². The van der Waals surface area contributed by atoms with Crippen molar-refractivity contribution < 1.29 is 4.79 Å². The molecule has 1 aliphatic rings. The lowest BCUT2D eigenvalue weighted by atomic mass is 10.0. The zero-order valence-corrected chi connectivity index (χ0v) is 9.47. The van der Waals surface area contributed by atoms with Gasteiger partial charge in [0, 0.05) is 24.2 Å². The molecule has 1 rings (SSSR count). The topological polar surface area (TPSA) is 29.1 Å². The van der Waals surface area contributed by atoms with Crippen molar-refractivity contribution in [2.45, 2.75) is 52.5 Å². The van der Waals surface area contributed by atoms with Crippen LogP contribution in [0, 0.1) is 5.92 Å². The molecule has 0 saturated carbocycles. The Morgan fingerprint density at radius 2 is 2.14 bits per heavy atom. The molecule has 0 fully saturated rings. The summed E-state index contributed by atoms with van der Waals surface area (Å²) in [7, 11) is 0. The van der Waals surface area contributed by atoms with Gasteiger partial charge in [-0.3, -0.25) is 4.79 Å². The Kier molecular flexibility index (Phi) is 4.18. The first-order valence-electron chi connectivity index (χ1n) is 5.61. The minimum Gasteiger partial charge on any atom is -0.386 e. The number of nitrogens with one attached hydrogen (secondary N) is 1. The van der Waals surface area contributed by atoms with Gasteiger partial charge in [0.2, 0.25) is 0 Å². The molecule has 2 heteroatoms. The summed E-state index contributed by atoms with van der Waals surface area (Å²) in [6.07, 6.45) is 5.77. The molecule has 0 bridgehead atoms. The lowest BCUT2D eigenvalue weighted by Crippen LogP contribution is -2.26. The molecule has 0 aliphatic heterocycles. The van der Waals surface area contributed by atoms with Crippen molar-refractivity contribution in [2.24, 2.45) is 5.92 Å². The number of hydrogen-bond donors (Lipinski definition) is 1. The highest BCUT2D eigenvalue weighted by molar-refractivity contribution is 5.92. The van der Waals surface area contributed by atoms with Crippen LogP contribution in [0.3, 0.4) is 0 Å². The van der Waals surface area contributed by atoms with Gasteiger partial charge in [-0.1, -0.05) is 20.3 Å². The second kappa shape index (κ2) is 5.18. The fraction of sp³-hybridized carbons (Fsp3) is 0.750. The maximum atomic E-state index is 11.0. The molecule has 1 N–H and O–H groups in total. The lowest BCUT2D eigenvalue weighted by molar-refractivity contribution is -0.114. The Bertz CT molecular complexity index is 232. The van der Waals surface area contributed by atoms with E-state index in [0.717, 1.165) is 18.0 Å². The van der Waals surface area contributed by atoms with Gasteiger partial charge >= 0.3 is 0 Å². The van der Waals surface area contributed by atoms with E-state index in [2.05, 4.69) is 26.1 Å². The molecule has 0 radical (unpaired) electrons. The second-order valence-electron chi connectivity index (χ2n) is 4.43. The standard InChI is InChI=1S/C12H21NO/c1-4-9(2)7-10(3)13-11-5-6-12(14)8-11/h8-10,13H,4-7H2,1-3H3. The Labute approximate surface area is 86.8 Å². The van der Waals surface area contributed by atoms with E-state index in [-0.39, 0.29) is 5.78 Å². The van der Waals surface area contributed by atoms with E-state index in [4.69, 9.17) is 0 Å². The van der Waals surface area contributed by atoms with Gasteiger partial charge in [0.05, 0.1) is 0 Å². The van der Waals surface area contributed by atoms with Crippen molar-refractivity contribution in [3.8, 4) is 0 Å². The molecule has 0 aromatic carbocycles. The van der Waals surface area contributed by atoms with Crippen molar-refractivity contribution >= 4 is 5.78 Å². The zero-order valence-electron chi connectivity index (χ0n) is 9.47. The van der Waals surface area contributed by atoms with Gasteiger partial charge in [-0.2, -0.15) is 0 Å². The molecule has 0 heterocycles. The lowest BCUT2D eigenvalue weighted by Gasteiger charge is -2.19. The molecule has 0 saturated heterocycles. The molecule has 0 spiro atoms. The van der Waals surface area contributed by atoms with Gasteiger partial charge in [0.15, 0.2) is 5.78 Å². The van der Waals surface area contributed by atoms with Crippen LogP contribution in [0.1, 0.15) is 46.5 Å². The fourth-order valence-electron chi connectivity index (χ4n) is 1.86. The maximum Gasteiger partial charge on any atom is 0.157 e. The molecule has 14 heavy (non-hydrogen) atoms. The van der Waals surface area contributed by atoms with Crippen LogP contribution in [0.15, 0.2) is 11.8 Å². The number of rotatable bonds is 5. The van der Waals surface area contributed by atoms with E-state index in [9.17, 15) is 4.79 Å². The molecule has 0 aromatic heterocycles. The average Bonchev–Trinajstić information content (AvgIpc) is 2.50. The maximum absolute atomic E-state index is 11.0. The van der Waals surface area contributed by atoms with E-state index in [1.165, 1.54) is 12.8 Å². The highest BCUT2D eigenvalue weighted by Crippen LogP contribution is 2.15. The van der Waals surface area contributed by atoms with Crippen LogP contribution in [0.5, 0.6) is 0 Å². The van der Waals surface area contributed by atoms with E-state index < -0.39 is 0 Å². The van der Waals surface area contributed by atoms with Gasteiger partial charge in [-0.25, -0.2) is 0 Å². The van der Waals surface area contributed by atoms with Gasteiger partial charge in [0.25, 0.3) is 0 Å². The van der Waals surface area contributed by atoms with Crippen LogP contribution >= 0.6 is 0 Å². The number of allylic oxidation sites excluding steroid dienone is 2. The molecule has 2 atom stereocenters. The summed E-state index contributed by atoms with van der Waals surface area (Å²) in [4.78, 5) is 11.0. The molecular formula is C12H21NO. The molecule has 1 aliphatic carbocycles. The van der Waals surface area contributed by atoms with Crippen molar-refractivity contribution in [1.82, 2.24) is 5.32 Å². The third-order valence-electron chi connectivity index (χ3n) is 2.86. The van der Waals surface area contributed by atoms with E-state index >= 15 is 0 Å². The summed E-state index contributed by atoms with van der Waals surface area (Å²) in [6.45, 7) is 6.68. The summed E-state index contributed by atoms with van der Waals surface area (Å²) in [5.74, 6) is 1.03. The Hall–Kier alpha value is -0.790.